The molecule has 2 aromatic carbocycles. The summed E-state index contributed by atoms with van der Waals surface area (Å²) in [6, 6.07) is 11.0. The Labute approximate surface area is 168 Å². The molecular weight excluding hydrogens is 415 g/mol. The number of para-hydroxylation sites is 1. The molecule has 2 N–H and O–H groups in total. The second-order valence-electron chi connectivity index (χ2n) is 5.14. The number of nitrogens with one attached hydrogen (secondary N) is 1. The van der Waals surface area contributed by atoms with E-state index in [1.54, 1.807) is 36.4 Å². The Morgan fingerprint density at radius 1 is 1.23 bits per heavy atom. The van der Waals surface area contributed by atoms with Crippen molar-refractivity contribution >= 4 is 69.4 Å². The number of phenolic OH excluding ortho intramolecular Hbond substituents is 1. The smallest absolute Gasteiger partial charge is 0.310 e. The van der Waals surface area contributed by atoms with Gasteiger partial charge in [0.15, 0.2) is 0 Å². The number of benzene rings is 2. The van der Waals surface area contributed by atoms with E-state index in [0.717, 1.165) is 16.8 Å². The highest BCUT2D eigenvalue weighted by molar-refractivity contribution is 8.19. The second-order valence-corrected chi connectivity index (χ2v) is 7.36. The molecule has 1 fully saturated rings. The Morgan fingerprint density at radius 3 is 2.65 bits per heavy atom. The molecule has 0 aliphatic carbocycles. The summed E-state index contributed by atoms with van der Waals surface area (Å²) in [5, 5.41) is 11.2. The van der Waals surface area contributed by atoms with Gasteiger partial charge in [-0.2, -0.15) is 5.01 Å². The zero-order valence-electron chi connectivity index (χ0n) is 12.9. The van der Waals surface area contributed by atoms with E-state index in [0.29, 0.717) is 20.5 Å². The fourth-order valence-corrected chi connectivity index (χ4v) is 3.77. The number of carbonyl (C=O) groups excluding carboxylic acids is 2. The van der Waals surface area contributed by atoms with Crippen LogP contribution in [-0.2, 0) is 0 Å². The average Bonchev–Trinajstić information content (AvgIpc) is 2.85. The van der Waals surface area contributed by atoms with E-state index in [2.05, 4.69) is 5.43 Å². The van der Waals surface area contributed by atoms with E-state index >= 15 is 0 Å². The highest BCUT2D eigenvalue weighted by Crippen LogP contribution is 2.34. The minimum atomic E-state index is -0.648. The minimum absolute atomic E-state index is 0.0336. The van der Waals surface area contributed by atoms with Crippen molar-refractivity contribution in [3.63, 3.8) is 0 Å². The van der Waals surface area contributed by atoms with Gasteiger partial charge in [0.1, 0.15) is 10.7 Å². The van der Waals surface area contributed by atoms with Crippen molar-refractivity contribution < 1.29 is 14.7 Å². The molecule has 1 aliphatic rings. The molecule has 3 rings (SSSR count). The van der Waals surface area contributed by atoms with Crippen LogP contribution >= 0.6 is 47.2 Å². The maximum Gasteiger partial charge on any atom is 0.310 e. The van der Waals surface area contributed by atoms with Crippen molar-refractivity contribution in [3.05, 3.63) is 68.5 Å². The Morgan fingerprint density at radius 2 is 1.96 bits per heavy atom. The first-order valence-electron chi connectivity index (χ1n) is 7.19. The predicted molar refractivity (Wildman–Crippen MR) is 107 cm³/mol. The molecule has 26 heavy (non-hydrogen) atoms. The number of aromatic hydroxyl groups is 1. The van der Waals surface area contributed by atoms with Gasteiger partial charge >= 0.3 is 5.24 Å². The molecule has 0 spiro atoms. The first kappa shape index (κ1) is 18.7. The molecule has 0 aromatic heterocycles. The molecule has 0 radical (unpaired) electrons. The highest BCUT2D eigenvalue weighted by atomic mass is 35.5. The number of hydrogen-bond donors (Lipinski definition) is 2. The standard InChI is InChI=1S/C17H10Cl2N2O3S2/c18-10-6-5-9(12(19)8-10)7-14-16(25)21(17(24)26-14)20-15(23)11-3-1-2-4-13(11)22/h1-8,22H,(H,20,23)/b14-7-. The summed E-state index contributed by atoms with van der Waals surface area (Å²) in [7, 11) is 0. The molecule has 0 atom stereocenters. The predicted octanol–water partition coefficient (Wildman–Crippen LogP) is 4.88. The normalized spacial score (nSPS) is 15.6. The Balaban J connectivity index is 1.82. The molecule has 0 unspecified atom stereocenters. The third kappa shape index (κ3) is 3.86. The lowest BCUT2D eigenvalue weighted by Gasteiger charge is -2.16. The van der Waals surface area contributed by atoms with Gasteiger partial charge in [-0.3, -0.25) is 15.0 Å². The van der Waals surface area contributed by atoms with Crippen molar-refractivity contribution in [2.45, 2.75) is 0 Å². The van der Waals surface area contributed by atoms with E-state index in [1.165, 1.54) is 12.1 Å². The van der Waals surface area contributed by atoms with Crippen molar-refractivity contribution in [2.24, 2.45) is 0 Å². The van der Waals surface area contributed by atoms with E-state index < -0.39 is 11.1 Å². The highest BCUT2D eigenvalue weighted by Gasteiger charge is 2.33. The molecule has 2 aromatic rings. The third-order valence-corrected chi connectivity index (χ3v) is 5.39. The Kier molecular flexibility index (Phi) is 5.52. The molecule has 1 saturated heterocycles. The number of hydrogen-bond acceptors (Lipinski definition) is 5. The topological polar surface area (TPSA) is 69.6 Å². The SMILES string of the molecule is O=C(NN1C(=O)S/C(=C\c2ccc(Cl)cc2Cl)C1=S)c1ccccc1O. The summed E-state index contributed by atoms with van der Waals surface area (Å²) >= 11 is 18.1. The van der Waals surface area contributed by atoms with Crippen LogP contribution in [0.2, 0.25) is 10.0 Å². The van der Waals surface area contributed by atoms with Gasteiger partial charge < -0.3 is 5.11 Å². The summed E-state index contributed by atoms with van der Waals surface area (Å²) in [5.41, 5.74) is 3.08. The average molecular weight is 425 g/mol. The van der Waals surface area contributed by atoms with Gasteiger partial charge in [0.25, 0.3) is 5.91 Å². The number of phenols is 1. The number of amides is 2. The van der Waals surface area contributed by atoms with E-state index in [-0.39, 0.29) is 16.3 Å². The number of nitrogens with zero attached hydrogens (tertiary/aromatic N) is 1. The monoisotopic (exact) mass is 424 g/mol. The van der Waals surface area contributed by atoms with Gasteiger partial charge in [0, 0.05) is 10.0 Å². The summed E-state index contributed by atoms with van der Waals surface area (Å²) < 4.78 is 0. The number of hydrazine groups is 1. The summed E-state index contributed by atoms with van der Waals surface area (Å²) in [4.78, 5) is 25.1. The summed E-state index contributed by atoms with van der Waals surface area (Å²) in [6.45, 7) is 0. The lowest BCUT2D eigenvalue weighted by atomic mass is 10.2. The lowest BCUT2D eigenvalue weighted by molar-refractivity contribution is 0.0893. The summed E-state index contributed by atoms with van der Waals surface area (Å²) in [6.07, 6.45) is 1.65. The van der Waals surface area contributed by atoms with Crippen molar-refractivity contribution in [1.29, 1.82) is 0 Å². The Hall–Kier alpha value is -2.06. The largest absolute Gasteiger partial charge is 0.507 e. The summed E-state index contributed by atoms with van der Waals surface area (Å²) in [5.74, 6) is -0.843. The first-order chi connectivity index (χ1) is 12.4. The molecule has 0 bridgehead atoms. The van der Waals surface area contributed by atoms with Crippen LogP contribution in [0.15, 0.2) is 47.4 Å². The van der Waals surface area contributed by atoms with E-state index in [1.807, 2.05) is 0 Å². The molecule has 5 nitrogen and oxygen atoms in total. The fraction of sp³-hybridized carbons (Fsp3) is 0. The molecule has 132 valence electrons. The number of rotatable bonds is 3. The quantitative estimate of drug-likeness (QED) is 0.542. The fourth-order valence-electron chi connectivity index (χ4n) is 2.15. The van der Waals surface area contributed by atoms with Crippen LogP contribution in [0.25, 0.3) is 6.08 Å². The van der Waals surface area contributed by atoms with Gasteiger partial charge in [-0.05, 0) is 47.7 Å². The third-order valence-electron chi connectivity index (χ3n) is 3.40. The van der Waals surface area contributed by atoms with E-state index in [4.69, 9.17) is 35.4 Å². The number of thiocarbonyl (C=S) groups is 1. The lowest BCUT2D eigenvalue weighted by Crippen LogP contribution is -2.44. The van der Waals surface area contributed by atoms with Crippen molar-refractivity contribution in [1.82, 2.24) is 10.4 Å². The van der Waals surface area contributed by atoms with Crippen LogP contribution in [0, 0.1) is 0 Å². The van der Waals surface area contributed by atoms with Gasteiger partial charge in [0.05, 0.1) is 10.5 Å². The molecule has 2 amide bonds. The molecule has 1 aliphatic heterocycles. The zero-order chi connectivity index (χ0) is 18.8. The second kappa shape index (κ2) is 7.67. The van der Waals surface area contributed by atoms with Crippen LogP contribution in [-0.4, -0.2) is 26.3 Å². The molecule has 9 heteroatoms. The number of carbonyl (C=O) groups is 2. The van der Waals surface area contributed by atoms with Gasteiger partial charge in [-0.15, -0.1) is 0 Å². The van der Waals surface area contributed by atoms with Crippen LogP contribution < -0.4 is 5.43 Å². The van der Waals surface area contributed by atoms with Crippen LogP contribution in [0.4, 0.5) is 4.79 Å². The Bertz CT molecular complexity index is 963. The minimum Gasteiger partial charge on any atom is -0.507 e. The number of thioether (sulfide) groups is 1. The maximum atomic E-state index is 12.3. The number of halogens is 2. The first-order valence-corrected chi connectivity index (χ1v) is 9.17. The van der Waals surface area contributed by atoms with Gasteiger partial charge in [-0.25, -0.2) is 0 Å². The molecule has 0 saturated carbocycles. The molecular formula is C17H10Cl2N2O3S2. The van der Waals surface area contributed by atoms with Gasteiger partial charge in [-0.1, -0.05) is 53.6 Å². The van der Waals surface area contributed by atoms with Crippen molar-refractivity contribution in [2.75, 3.05) is 0 Å². The zero-order valence-corrected chi connectivity index (χ0v) is 16.0. The van der Waals surface area contributed by atoms with Crippen LogP contribution in [0.1, 0.15) is 15.9 Å². The van der Waals surface area contributed by atoms with Gasteiger partial charge in [0.2, 0.25) is 0 Å². The van der Waals surface area contributed by atoms with Crippen LogP contribution in [0.5, 0.6) is 5.75 Å². The van der Waals surface area contributed by atoms with Crippen LogP contribution in [0.3, 0.4) is 0 Å². The van der Waals surface area contributed by atoms with Crippen molar-refractivity contribution in [3.8, 4) is 5.75 Å². The maximum absolute atomic E-state index is 12.3. The molecule has 1 heterocycles. The van der Waals surface area contributed by atoms with E-state index in [9.17, 15) is 14.7 Å².